The predicted molar refractivity (Wildman–Crippen MR) is 84.1 cm³/mol. The molecule has 0 spiro atoms. The SMILES string of the molecule is CN(Cc1ccsc1)c1ncc(CO)c2ccccc12. The number of rotatable bonds is 4. The number of benzene rings is 1. The molecule has 0 unspecified atom stereocenters. The van der Waals surface area contributed by atoms with Crippen LogP contribution in [0.4, 0.5) is 5.82 Å². The second-order valence-corrected chi connectivity index (χ2v) is 5.58. The maximum atomic E-state index is 9.42. The number of pyridine rings is 1. The van der Waals surface area contributed by atoms with Crippen molar-refractivity contribution in [3.8, 4) is 0 Å². The quantitative estimate of drug-likeness (QED) is 0.797. The number of nitrogens with zero attached hydrogens (tertiary/aromatic N) is 2. The van der Waals surface area contributed by atoms with E-state index in [2.05, 4.69) is 32.8 Å². The highest BCUT2D eigenvalue weighted by Crippen LogP contribution is 2.27. The second-order valence-electron chi connectivity index (χ2n) is 4.80. The third-order valence-corrected chi connectivity index (χ3v) is 4.12. The van der Waals surface area contributed by atoms with E-state index in [0.717, 1.165) is 28.7 Å². The smallest absolute Gasteiger partial charge is 0.136 e. The van der Waals surface area contributed by atoms with Crippen LogP contribution in [0.25, 0.3) is 10.8 Å². The van der Waals surface area contributed by atoms with Crippen LogP contribution in [-0.4, -0.2) is 17.1 Å². The van der Waals surface area contributed by atoms with Gasteiger partial charge in [0.2, 0.25) is 0 Å². The summed E-state index contributed by atoms with van der Waals surface area (Å²) in [5.74, 6) is 0.948. The maximum absolute atomic E-state index is 9.42. The molecule has 0 aliphatic heterocycles. The predicted octanol–water partition coefficient (Wildman–Crippen LogP) is 3.43. The first kappa shape index (κ1) is 13.1. The molecule has 0 saturated heterocycles. The highest BCUT2D eigenvalue weighted by Gasteiger charge is 2.11. The first-order valence-corrected chi connectivity index (χ1v) is 7.43. The average molecular weight is 284 g/mol. The second kappa shape index (κ2) is 5.61. The summed E-state index contributed by atoms with van der Waals surface area (Å²) in [4.78, 5) is 6.67. The van der Waals surface area contributed by atoms with Gasteiger partial charge in [0.05, 0.1) is 6.61 Å². The van der Waals surface area contributed by atoms with E-state index in [1.54, 1.807) is 17.5 Å². The van der Waals surface area contributed by atoms with Gasteiger partial charge in [-0.15, -0.1) is 0 Å². The minimum Gasteiger partial charge on any atom is -0.392 e. The largest absolute Gasteiger partial charge is 0.392 e. The molecule has 4 heteroatoms. The van der Waals surface area contributed by atoms with E-state index in [4.69, 9.17) is 0 Å². The van der Waals surface area contributed by atoms with Crippen molar-refractivity contribution in [2.24, 2.45) is 0 Å². The van der Waals surface area contributed by atoms with Crippen molar-refractivity contribution in [2.75, 3.05) is 11.9 Å². The summed E-state index contributed by atoms with van der Waals surface area (Å²) in [6, 6.07) is 10.2. The van der Waals surface area contributed by atoms with Crippen LogP contribution in [0.5, 0.6) is 0 Å². The van der Waals surface area contributed by atoms with E-state index in [0.29, 0.717) is 0 Å². The maximum Gasteiger partial charge on any atom is 0.136 e. The zero-order valence-electron chi connectivity index (χ0n) is 11.3. The fraction of sp³-hybridized carbons (Fsp3) is 0.188. The molecule has 3 nitrogen and oxygen atoms in total. The first-order valence-electron chi connectivity index (χ1n) is 6.49. The molecule has 3 aromatic rings. The van der Waals surface area contributed by atoms with Gasteiger partial charge in [-0.2, -0.15) is 11.3 Å². The third kappa shape index (κ3) is 2.40. The molecular formula is C16H16N2OS. The molecule has 0 fully saturated rings. The summed E-state index contributed by atoms with van der Waals surface area (Å²) >= 11 is 1.71. The highest BCUT2D eigenvalue weighted by atomic mass is 32.1. The highest BCUT2D eigenvalue weighted by molar-refractivity contribution is 7.07. The molecule has 3 rings (SSSR count). The van der Waals surface area contributed by atoms with Crippen LogP contribution >= 0.6 is 11.3 Å². The van der Waals surface area contributed by atoms with Gasteiger partial charge >= 0.3 is 0 Å². The van der Waals surface area contributed by atoms with Crippen LogP contribution in [0.15, 0.2) is 47.3 Å². The Morgan fingerprint density at radius 2 is 2.00 bits per heavy atom. The molecular weight excluding hydrogens is 268 g/mol. The van der Waals surface area contributed by atoms with Gasteiger partial charge in [0.1, 0.15) is 5.82 Å². The molecule has 1 aromatic carbocycles. The lowest BCUT2D eigenvalue weighted by atomic mass is 10.1. The fourth-order valence-corrected chi connectivity index (χ4v) is 3.06. The Balaban J connectivity index is 2.03. The normalized spacial score (nSPS) is 10.9. The standard InChI is InChI=1S/C16H16N2OS/c1-18(9-12-6-7-20-11-12)16-15-5-3-2-4-14(15)13(10-19)8-17-16/h2-8,11,19H,9-10H2,1H3. The third-order valence-electron chi connectivity index (χ3n) is 3.39. The van der Waals surface area contributed by atoms with Gasteiger partial charge in [-0.05, 0) is 27.8 Å². The zero-order chi connectivity index (χ0) is 13.9. The topological polar surface area (TPSA) is 36.4 Å². The van der Waals surface area contributed by atoms with Gasteiger partial charge in [0.25, 0.3) is 0 Å². The molecule has 0 saturated carbocycles. The lowest BCUT2D eigenvalue weighted by molar-refractivity contribution is 0.283. The average Bonchev–Trinajstić information content (AvgIpc) is 2.99. The van der Waals surface area contributed by atoms with Crippen LogP contribution in [0.2, 0.25) is 0 Å². The van der Waals surface area contributed by atoms with Crippen LogP contribution in [-0.2, 0) is 13.2 Å². The van der Waals surface area contributed by atoms with Crippen molar-refractivity contribution in [3.63, 3.8) is 0 Å². The molecule has 0 radical (unpaired) electrons. The molecule has 0 aliphatic carbocycles. The first-order chi connectivity index (χ1) is 9.79. The van der Waals surface area contributed by atoms with E-state index in [1.807, 2.05) is 25.2 Å². The Hall–Kier alpha value is -1.91. The van der Waals surface area contributed by atoms with E-state index < -0.39 is 0 Å². The monoisotopic (exact) mass is 284 g/mol. The number of aromatic nitrogens is 1. The molecule has 2 heterocycles. The molecule has 0 aliphatic rings. The summed E-state index contributed by atoms with van der Waals surface area (Å²) in [5, 5.41) is 15.8. The lowest BCUT2D eigenvalue weighted by Gasteiger charge is -2.20. The summed E-state index contributed by atoms with van der Waals surface area (Å²) in [7, 11) is 2.05. The Morgan fingerprint density at radius 3 is 2.70 bits per heavy atom. The van der Waals surface area contributed by atoms with Crippen molar-refractivity contribution in [2.45, 2.75) is 13.2 Å². The Morgan fingerprint density at radius 1 is 1.20 bits per heavy atom. The van der Waals surface area contributed by atoms with Gasteiger partial charge in [-0.25, -0.2) is 4.98 Å². The van der Waals surface area contributed by atoms with E-state index in [-0.39, 0.29) is 6.61 Å². The lowest BCUT2D eigenvalue weighted by Crippen LogP contribution is -2.17. The van der Waals surface area contributed by atoms with Crippen molar-refractivity contribution in [1.29, 1.82) is 0 Å². The van der Waals surface area contributed by atoms with Gasteiger partial charge in [0.15, 0.2) is 0 Å². The fourth-order valence-electron chi connectivity index (χ4n) is 2.40. The zero-order valence-corrected chi connectivity index (χ0v) is 12.1. The van der Waals surface area contributed by atoms with Crippen LogP contribution in [0, 0.1) is 0 Å². The number of anilines is 1. The van der Waals surface area contributed by atoms with Crippen molar-refractivity contribution in [1.82, 2.24) is 4.98 Å². The molecule has 0 bridgehead atoms. The summed E-state index contributed by atoms with van der Waals surface area (Å²) in [5.41, 5.74) is 2.16. The summed E-state index contributed by atoms with van der Waals surface area (Å²) in [6.45, 7) is 0.848. The number of thiophene rings is 1. The number of hydrogen-bond acceptors (Lipinski definition) is 4. The van der Waals surface area contributed by atoms with Crippen LogP contribution in [0.1, 0.15) is 11.1 Å². The molecule has 1 N–H and O–H groups in total. The number of hydrogen-bond donors (Lipinski definition) is 1. The van der Waals surface area contributed by atoms with Gasteiger partial charge < -0.3 is 10.0 Å². The van der Waals surface area contributed by atoms with Crippen molar-refractivity contribution < 1.29 is 5.11 Å². The molecule has 0 atom stereocenters. The van der Waals surface area contributed by atoms with E-state index in [1.165, 1.54) is 5.56 Å². The minimum absolute atomic E-state index is 0.0159. The van der Waals surface area contributed by atoms with Gasteiger partial charge in [-0.3, -0.25) is 0 Å². The van der Waals surface area contributed by atoms with Crippen molar-refractivity contribution >= 4 is 27.9 Å². The van der Waals surface area contributed by atoms with E-state index in [9.17, 15) is 5.11 Å². The molecule has 0 amide bonds. The van der Waals surface area contributed by atoms with Crippen LogP contribution in [0.3, 0.4) is 0 Å². The number of aliphatic hydroxyl groups is 1. The number of fused-ring (bicyclic) bond motifs is 1. The van der Waals surface area contributed by atoms with Crippen molar-refractivity contribution in [3.05, 3.63) is 58.4 Å². The van der Waals surface area contributed by atoms with E-state index >= 15 is 0 Å². The molecule has 20 heavy (non-hydrogen) atoms. The minimum atomic E-state index is 0.0159. The number of aliphatic hydroxyl groups excluding tert-OH is 1. The van der Waals surface area contributed by atoms with Crippen LogP contribution < -0.4 is 4.90 Å². The summed E-state index contributed by atoms with van der Waals surface area (Å²) in [6.07, 6.45) is 1.77. The van der Waals surface area contributed by atoms with Gasteiger partial charge in [0, 0.05) is 30.7 Å². The Kier molecular flexibility index (Phi) is 3.67. The summed E-state index contributed by atoms with van der Waals surface area (Å²) < 4.78 is 0. The molecule has 2 aromatic heterocycles. The Bertz CT molecular complexity index is 710. The van der Waals surface area contributed by atoms with Gasteiger partial charge in [-0.1, -0.05) is 24.3 Å². The Labute approximate surface area is 122 Å². The molecule has 102 valence electrons.